The van der Waals surface area contributed by atoms with Crippen LogP contribution in [0.15, 0.2) is 27.3 Å². The number of rotatable bonds is 5. The molecule has 0 spiro atoms. The molecular weight excluding hydrogens is 294 g/mol. The predicted molar refractivity (Wildman–Crippen MR) is 74.5 cm³/mol. The van der Waals surface area contributed by atoms with Crippen molar-refractivity contribution >= 4 is 15.9 Å². The molecule has 5 heteroatoms. The average molecular weight is 312 g/mol. The molecule has 0 aliphatic heterocycles. The third-order valence-corrected chi connectivity index (χ3v) is 3.49. The van der Waals surface area contributed by atoms with Crippen molar-refractivity contribution < 1.29 is 4.42 Å². The highest BCUT2D eigenvalue weighted by molar-refractivity contribution is 9.10. The molecule has 1 atom stereocenters. The van der Waals surface area contributed by atoms with Crippen LogP contribution in [0.25, 0.3) is 0 Å². The molecule has 2 aromatic heterocycles. The van der Waals surface area contributed by atoms with E-state index in [0.29, 0.717) is 0 Å². The highest BCUT2D eigenvalue weighted by Gasteiger charge is 2.22. The van der Waals surface area contributed by atoms with Gasteiger partial charge in [-0.05, 0) is 48.0 Å². The molecule has 0 aliphatic carbocycles. The van der Waals surface area contributed by atoms with Gasteiger partial charge in [-0.1, -0.05) is 6.92 Å². The van der Waals surface area contributed by atoms with Crippen LogP contribution in [0, 0.1) is 6.92 Å². The SMILES string of the molecule is CCCNC(c1occc1Br)c1cc(C)nn1C. The van der Waals surface area contributed by atoms with E-state index in [-0.39, 0.29) is 6.04 Å². The first-order chi connectivity index (χ1) is 8.63. The highest BCUT2D eigenvalue weighted by Crippen LogP contribution is 2.29. The Morgan fingerprint density at radius 1 is 1.56 bits per heavy atom. The second kappa shape index (κ2) is 5.71. The molecule has 2 heterocycles. The van der Waals surface area contributed by atoms with Gasteiger partial charge >= 0.3 is 0 Å². The maximum absolute atomic E-state index is 5.59. The van der Waals surface area contributed by atoms with Crippen molar-refractivity contribution in [2.45, 2.75) is 26.3 Å². The Bertz CT molecular complexity index is 518. The zero-order chi connectivity index (χ0) is 13.1. The smallest absolute Gasteiger partial charge is 0.140 e. The summed E-state index contributed by atoms with van der Waals surface area (Å²) in [6, 6.07) is 4.03. The molecule has 0 fully saturated rings. The highest BCUT2D eigenvalue weighted by atomic mass is 79.9. The lowest BCUT2D eigenvalue weighted by molar-refractivity contribution is 0.430. The van der Waals surface area contributed by atoms with Crippen LogP contribution in [0.2, 0.25) is 0 Å². The first-order valence-corrected chi connectivity index (χ1v) is 6.89. The van der Waals surface area contributed by atoms with Gasteiger partial charge in [0.25, 0.3) is 0 Å². The molecular formula is C13H18BrN3O. The largest absolute Gasteiger partial charge is 0.466 e. The molecule has 0 bridgehead atoms. The van der Waals surface area contributed by atoms with Crippen LogP contribution < -0.4 is 5.32 Å². The third kappa shape index (κ3) is 2.67. The van der Waals surface area contributed by atoms with Crippen LogP contribution in [0.5, 0.6) is 0 Å². The zero-order valence-electron chi connectivity index (χ0n) is 10.9. The number of furan rings is 1. The zero-order valence-corrected chi connectivity index (χ0v) is 12.5. The van der Waals surface area contributed by atoms with E-state index in [1.807, 2.05) is 24.7 Å². The Labute approximate surface area is 115 Å². The summed E-state index contributed by atoms with van der Waals surface area (Å²) in [6.07, 6.45) is 2.77. The fourth-order valence-electron chi connectivity index (χ4n) is 2.03. The van der Waals surface area contributed by atoms with Gasteiger partial charge < -0.3 is 9.73 Å². The van der Waals surface area contributed by atoms with Gasteiger partial charge in [0, 0.05) is 7.05 Å². The summed E-state index contributed by atoms with van der Waals surface area (Å²) in [6.45, 7) is 5.08. The van der Waals surface area contributed by atoms with Gasteiger partial charge in [0.15, 0.2) is 0 Å². The quantitative estimate of drug-likeness (QED) is 0.922. The van der Waals surface area contributed by atoms with Crippen molar-refractivity contribution in [3.63, 3.8) is 0 Å². The summed E-state index contributed by atoms with van der Waals surface area (Å²) in [5.74, 6) is 0.895. The van der Waals surface area contributed by atoms with E-state index < -0.39 is 0 Å². The molecule has 98 valence electrons. The number of halogens is 1. The van der Waals surface area contributed by atoms with Gasteiger partial charge in [0.05, 0.1) is 22.1 Å². The van der Waals surface area contributed by atoms with Crippen LogP contribution in [-0.4, -0.2) is 16.3 Å². The van der Waals surface area contributed by atoms with Gasteiger partial charge in [-0.2, -0.15) is 5.10 Å². The van der Waals surface area contributed by atoms with Crippen molar-refractivity contribution in [1.29, 1.82) is 0 Å². The molecule has 0 amide bonds. The van der Waals surface area contributed by atoms with Crippen molar-refractivity contribution in [2.24, 2.45) is 7.05 Å². The number of aromatic nitrogens is 2. The third-order valence-electron chi connectivity index (χ3n) is 2.84. The van der Waals surface area contributed by atoms with Crippen LogP contribution in [0.1, 0.15) is 36.5 Å². The van der Waals surface area contributed by atoms with Crippen molar-refractivity contribution in [2.75, 3.05) is 6.54 Å². The predicted octanol–water partition coefficient (Wildman–Crippen LogP) is 3.17. The Hall–Kier alpha value is -1.07. The Balaban J connectivity index is 2.37. The van der Waals surface area contributed by atoms with Crippen LogP contribution in [-0.2, 0) is 7.05 Å². The van der Waals surface area contributed by atoms with E-state index in [2.05, 4.69) is 39.3 Å². The van der Waals surface area contributed by atoms with Crippen LogP contribution >= 0.6 is 15.9 Å². The van der Waals surface area contributed by atoms with Gasteiger partial charge in [-0.25, -0.2) is 0 Å². The maximum atomic E-state index is 5.59. The Morgan fingerprint density at radius 3 is 2.83 bits per heavy atom. The summed E-state index contributed by atoms with van der Waals surface area (Å²) in [4.78, 5) is 0. The average Bonchev–Trinajstić information content (AvgIpc) is 2.87. The van der Waals surface area contributed by atoms with E-state index in [0.717, 1.165) is 34.6 Å². The molecule has 0 saturated carbocycles. The lowest BCUT2D eigenvalue weighted by Crippen LogP contribution is -2.25. The lowest BCUT2D eigenvalue weighted by Gasteiger charge is -2.17. The van der Waals surface area contributed by atoms with E-state index in [1.165, 1.54) is 0 Å². The molecule has 18 heavy (non-hydrogen) atoms. The molecule has 0 aromatic carbocycles. The number of nitrogens with zero attached hydrogens (tertiary/aromatic N) is 2. The summed E-state index contributed by atoms with van der Waals surface area (Å²) >= 11 is 3.52. The molecule has 1 N–H and O–H groups in total. The minimum atomic E-state index is 0.0283. The van der Waals surface area contributed by atoms with Crippen LogP contribution in [0.4, 0.5) is 0 Å². The number of hydrogen-bond acceptors (Lipinski definition) is 3. The van der Waals surface area contributed by atoms with Crippen LogP contribution in [0.3, 0.4) is 0 Å². The van der Waals surface area contributed by atoms with Crippen molar-refractivity contribution in [3.05, 3.63) is 40.0 Å². The van der Waals surface area contributed by atoms with Gasteiger partial charge in [0.2, 0.25) is 0 Å². The molecule has 4 nitrogen and oxygen atoms in total. The van der Waals surface area contributed by atoms with E-state index in [9.17, 15) is 0 Å². The normalized spacial score (nSPS) is 12.9. The number of aryl methyl sites for hydroxylation is 2. The van der Waals surface area contributed by atoms with E-state index >= 15 is 0 Å². The minimum Gasteiger partial charge on any atom is -0.466 e. The van der Waals surface area contributed by atoms with Crippen molar-refractivity contribution in [3.8, 4) is 0 Å². The van der Waals surface area contributed by atoms with E-state index in [1.54, 1.807) is 6.26 Å². The first-order valence-electron chi connectivity index (χ1n) is 6.10. The Kier molecular flexibility index (Phi) is 4.24. The fraction of sp³-hybridized carbons (Fsp3) is 0.462. The number of nitrogens with one attached hydrogen (secondary N) is 1. The van der Waals surface area contributed by atoms with Gasteiger partial charge in [0.1, 0.15) is 11.8 Å². The minimum absolute atomic E-state index is 0.0283. The Morgan fingerprint density at radius 2 is 2.33 bits per heavy atom. The van der Waals surface area contributed by atoms with Crippen molar-refractivity contribution in [1.82, 2.24) is 15.1 Å². The topological polar surface area (TPSA) is 43.0 Å². The summed E-state index contributed by atoms with van der Waals surface area (Å²) in [5, 5.41) is 7.90. The lowest BCUT2D eigenvalue weighted by atomic mass is 10.1. The second-order valence-electron chi connectivity index (χ2n) is 4.35. The molecule has 0 aliphatic rings. The summed E-state index contributed by atoms with van der Waals surface area (Å²) < 4.78 is 8.47. The fourth-order valence-corrected chi connectivity index (χ4v) is 2.46. The second-order valence-corrected chi connectivity index (χ2v) is 5.21. The molecule has 0 radical (unpaired) electrons. The molecule has 2 aromatic rings. The molecule has 0 saturated heterocycles. The van der Waals surface area contributed by atoms with E-state index in [4.69, 9.17) is 4.42 Å². The maximum Gasteiger partial charge on any atom is 0.140 e. The molecule has 1 unspecified atom stereocenters. The standard InChI is InChI=1S/C13H18BrN3O/c1-4-6-15-12(13-10(14)5-7-18-13)11-8-9(2)16-17(11)3/h5,7-8,12,15H,4,6H2,1-3H3. The molecule has 2 rings (SSSR count). The van der Waals surface area contributed by atoms with Gasteiger partial charge in [-0.15, -0.1) is 0 Å². The summed E-state index contributed by atoms with van der Waals surface area (Å²) in [5.41, 5.74) is 2.12. The number of hydrogen-bond donors (Lipinski definition) is 1. The van der Waals surface area contributed by atoms with Gasteiger partial charge in [-0.3, -0.25) is 4.68 Å². The first kappa shape index (κ1) is 13.4. The monoisotopic (exact) mass is 311 g/mol. The summed E-state index contributed by atoms with van der Waals surface area (Å²) in [7, 11) is 1.96.